The van der Waals surface area contributed by atoms with Crippen LogP contribution in [0.3, 0.4) is 0 Å². The quantitative estimate of drug-likeness (QED) is 0.423. The van der Waals surface area contributed by atoms with E-state index in [4.69, 9.17) is 14.9 Å². The minimum Gasteiger partial charge on any atom is -0.381 e. The van der Waals surface area contributed by atoms with Crippen molar-refractivity contribution >= 4 is 0 Å². The van der Waals surface area contributed by atoms with Gasteiger partial charge in [0.15, 0.2) is 6.29 Å². The Labute approximate surface area is 87.1 Å². The first kappa shape index (κ1) is 13.9. The Bertz CT molecular complexity index is 105. The highest BCUT2D eigenvalue weighted by Gasteiger charge is 1.96. The summed E-state index contributed by atoms with van der Waals surface area (Å²) in [7, 11) is 0. The highest BCUT2D eigenvalue weighted by atomic mass is 16.5. The summed E-state index contributed by atoms with van der Waals surface area (Å²) >= 11 is 0. The van der Waals surface area contributed by atoms with Gasteiger partial charge >= 0.3 is 0 Å². The molecular weight excluding hydrogens is 180 g/mol. The second-order valence-corrected chi connectivity index (χ2v) is 3.65. The molecule has 0 aromatic heterocycles. The molecule has 0 aliphatic rings. The summed E-state index contributed by atoms with van der Waals surface area (Å²) in [4.78, 5) is 0. The largest absolute Gasteiger partial charge is 0.381 e. The average molecular weight is 204 g/mol. The van der Waals surface area contributed by atoms with Crippen LogP contribution in [0, 0.1) is 0 Å². The molecule has 0 fully saturated rings. The third kappa shape index (κ3) is 11.9. The maximum absolute atomic E-state index is 8.53. The zero-order valence-electron chi connectivity index (χ0n) is 9.24. The maximum Gasteiger partial charge on any atom is 0.153 e. The Hall–Kier alpha value is -0.120. The summed E-state index contributed by atoms with van der Waals surface area (Å²) in [5.41, 5.74) is 0. The van der Waals surface area contributed by atoms with Crippen LogP contribution in [0.15, 0.2) is 0 Å². The first-order valence-corrected chi connectivity index (χ1v) is 5.71. The molecule has 0 aliphatic heterocycles. The smallest absolute Gasteiger partial charge is 0.153 e. The number of aliphatic hydroxyl groups excluding tert-OH is 1. The van der Waals surface area contributed by atoms with E-state index in [0.29, 0.717) is 13.0 Å². The molecule has 3 heteroatoms. The third-order valence-electron chi connectivity index (χ3n) is 2.16. The van der Waals surface area contributed by atoms with E-state index in [-0.39, 0.29) is 0 Å². The minimum atomic E-state index is -1.22. The first-order chi connectivity index (χ1) is 6.77. The lowest BCUT2D eigenvalue weighted by molar-refractivity contribution is -0.0611. The van der Waals surface area contributed by atoms with Crippen LogP contribution in [0.2, 0.25) is 0 Å². The predicted octanol–water partition coefficient (Wildman–Crippen LogP) is 2.06. The van der Waals surface area contributed by atoms with Crippen molar-refractivity contribution in [2.45, 2.75) is 58.2 Å². The summed E-state index contributed by atoms with van der Waals surface area (Å²) in [5.74, 6) is 0. The first-order valence-electron chi connectivity index (χ1n) is 5.71. The normalized spacial score (nSPS) is 11.1. The standard InChI is InChI=1S/C11H24O3/c1-2-3-4-5-6-7-9-14-10-8-11(12)13/h11-13H,2-10H2,1H3. The SMILES string of the molecule is CCCCCCCCOCCC(O)O. The molecule has 0 heterocycles. The zero-order chi connectivity index (χ0) is 10.6. The Morgan fingerprint density at radius 1 is 0.929 bits per heavy atom. The molecule has 0 spiro atoms. The van der Waals surface area contributed by atoms with E-state index >= 15 is 0 Å². The van der Waals surface area contributed by atoms with Crippen molar-refractivity contribution in [3.8, 4) is 0 Å². The molecule has 3 nitrogen and oxygen atoms in total. The number of hydrogen-bond acceptors (Lipinski definition) is 3. The molecule has 0 saturated heterocycles. The van der Waals surface area contributed by atoms with Gasteiger partial charge in [-0.2, -0.15) is 0 Å². The molecule has 0 aromatic carbocycles. The summed E-state index contributed by atoms with van der Waals surface area (Å²) in [5, 5.41) is 17.1. The van der Waals surface area contributed by atoms with Crippen LogP contribution in [-0.2, 0) is 4.74 Å². The van der Waals surface area contributed by atoms with Gasteiger partial charge in [0.25, 0.3) is 0 Å². The Kier molecular flexibility index (Phi) is 10.9. The van der Waals surface area contributed by atoms with Gasteiger partial charge in [0.05, 0.1) is 6.61 Å². The van der Waals surface area contributed by atoms with E-state index in [1.165, 1.54) is 32.1 Å². The summed E-state index contributed by atoms with van der Waals surface area (Å²) in [6.07, 6.45) is 6.64. The number of ether oxygens (including phenoxy) is 1. The van der Waals surface area contributed by atoms with Gasteiger partial charge in [0.2, 0.25) is 0 Å². The van der Waals surface area contributed by atoms with Crippen molar-refractivity contribution in [1.82, 2.24) is 0 Å². The predicted molar refractivity (Wildman–Crippen MR) is 57.0 cm³/mol. The topological polar surface area (TPSA) is 49.7 Å². The van der Waals surface area contributed by atoms with Gasteiger partial charge in [-0.3, -0.25) is 0 Å². The molecule has 2 N–H and O–H groups in total. The third-order valence-corrected chi connectivity index (χ3v) is 2.16. The van der Waals surface area contributed by atoms with Crippen molar-refractivity contribution in [2.24, 2.45) is 0 Å². The van der Waals surface area contributed by atoms with Crippen molar-refractivity contribution in [2.75, 3.05) is 13.2 Å². The van der Waals surface area contributed by atoms with Crippen LogP contribution in [0.25, 0.3) is 0 Å². The fourth-order valence-corrected chi connectivity index (χ4v) is 1.28. The number of hydrogen-bond donors (Lipinski definition) is 2. The Morgan fingerprint density at radius 2 is 1.57 bits per heavy atom. The van der Waals surface area contributed by atoms with Crippen LogP contribution in [-0.4, -0.2) is 29.7 Å². The van der Waals surface area contributed by atoms with Gasteiger partial charge in [-0.05, 0) is 6.42 Å². The van der Waals surface area contributed by atoms with Gasteiger partial charge in [-0.25, -0.2) is 0 Å². The van der Waals surface area contributed by atoms with E-state index in [0.717, 1.165) is 13.0 Å². The molecule has 0 unspecified atom stereocenters. The van der Waals surface area contributed by atoms with Crippen molar-refractivity contribution in [1.29, 1.82) is 0 Å². The Balaban J connectivity index is 2.85. The van der Waals surface area contributed by atoms with E-state index in [2.05, 4.69) is 6.92 Å². The molecule has 0 bridgehead atoms. The molecule has 0 aromatic rings. The second kappa shape index (κ2) is 11.0. The zero-order valence-corrected chi connectivity index (χ0v) is 9.24. The van der Waals surface area contributed by atoms with E-state index in [1.807, 2.05) is 0 Å². The van der Waals surface area contributed by atoms with Gasteiger partial charge in [0.1, 0.15) is 0 Å². The summed E-state index contributed by atoms with van der Waals surface area (Å²) in [6.45, 7) is 3.41. The molecule has 86 valence electrons. The van der Waals surface area contributed by atoms with Crippen LogP contribution in [0.1, 0.15) is 51.9 Å². The highest BCUT2D eigenvalue weighted by Crippen LogP contribution is 2.04. The number of unbranched alkanes of at least 4 members (excludes halogenated alkanes) is 5. The molecule has 0 amide bonds. The summed E-state index contributed by atoms with van der Waals surface area (Å²) < 4.78 is 5.23. The minimum absolute atomic E-state index is 0.315. The van der Waals surface area contributed by atoms with Crippen LogP contribution < -0.4 is 0 Å². The Morgan fingerprint density at radius 3 is 2.21 bits per heavy atom. The maximum atomic E-state index is 8.53. The average Bonchev–Trinajstić information content (AvgIpc) is 2.15. The fraction of sp³-hybridized carbons (Fsp3) is 1.00. The van der Waals surface area contributed by atoms with Gasteiger partial charge in [-0.1, -0.05) is 39.0 Å². The van der Waals surface area contributed by atoms with Crippen LogP contribution in [0.4, 0.5) is 0 Å². The monoisotopic (exact) mass is 204 g/mol. The highest BCUT2D eigenvalue weighted by molar-refractivity contribution is 4.44. The molecular formula is C11H24O3. The number of aliphatic hydroxyl groups is 2. The molecule has 0 aliphatic carbocycles. The van der Waals surface area contributed by atoms with Gasteiger partial charge < -0.3 is 14.9 Å². The lowest BCUT2D eigenvalue weighted by atomic mass is 10.1. The second-order valence-electron chi connectivity index (χ2n) is 3.65. The molecule has 0 saturated carbocycles. The van der Waals surface area contributed by atoms with E-state index in [9.17, 15) is 0 Å². The lowest BCUT2D eigenvalue weighted by Crippen LogP contribution is -2.09. The van der Waals surface area contributed by atoms with Gasteiger partial charge in [-0.15, -0.1) is 0 Å². The fourth-order valence-electron chi connectivity index (χ4n) is 1.28. The molecule has 14 heavy (non-hydrogen) atoms. The van der Waals surface area contributed by atoms with E-state index < -0.39 is 6.29 Å². The van der Waals surface area contributed by atoms with Crippen molar-refractivity contribution in [3.63, 3.8) is 0 Å². The summed E-state index contributed by atoms with van der Waals surface area (Å²) in [6, 6.07) is 0. The van der Waals surface area contributed by atoms with Crippen LogP contribution >= 0.6 is 0 Å². The number of rotatable bonds is 10. The van der Waals surface area contributed by atoms with Gasteiger partial charge in [0, 0.05) is 13.0 Å². The van der Waals surface area contributed by atoms with Crippen LogP contribution in [0.5, 0.6) is 0 Å². The van der Waals surface area contributed by atoms with Crippen molar-refractivity contribution < 1.29 is 14.9 Å². The lowest BCUT2D eigenvalue weighted by Gasteiger charge is -2.05. The molecule has 0 rings (SSSR count). The molecule has 0 radical (unpaired) electrons. The van der Waals surface area contributed by atoms with Crippen molar-refractivity contribution in [3.05, 3.63) is 0 Å². The molecule has 0 atom stereocenters. The van der Waals surface area contributed by atoms with E-state index in [1.54, 1.807) is 0 Å².